The van der Waals surface area contributed by atoms with Crippen molar-refractivity contribution in [1.82, 2.24) is 0 Å². The minimum atomic E-state index is -1.29. The van der Waals surface area contributed by atoms with E-state index in [0.717, 1.165) is 0 Å². The molecule has 0 saturated heterocycles. The van der Waals surface area contributed by atoms with Crippen LogP contribution in [-0.2, 0) is 30.0 Å². The summed E-state index contributed by atoms with van der Waals surface area (Å²) >= 11 is 0. The Labute approximate surface area is 223 Å². The predicted molar refractivity (Wildman–Crippen MR) is 126 cm³/mol. The first-order valence-corrected chi connectivity index (χ1v) is 10.8. The Hall–Kier alpha value is -4.47. The van der Waals surface area contributed by atoms with Crippen LogP contribution in [0.3, 0.4) is 0 Å². The van der Waals surface area contributed by atoms with Crippen LogP contribution < -0.4 is 19.7 Å². The van der Waals surface area contributed by atoms with E-state index in [1.807, 2.05) is 0 Å². The number of phenolic OH excluding ortho intramolecular Hbond substituents is 2. The molecule has 0 aliphatic heterocycles. The van der Waals surface area contributed by atoms with Gasteiger partial charge in [-0.25, -0.2) is 0 Å². The molecule has 0 saturated carbocycles. The zero-order valence-corrected chi connectivity index (χ0v) is 20.4. The first kappa shape index (κ1) is 28.8. The topological polar surface area (TPSA) is 139 Å². The van der Waals surface area contributed by atoms with Crippen LogP contribution in [0.25, 0.3) is 0 Å². The SMILES string of the molecule is O=C([O-])c1ccccc1OCc1ccccc1O.O=C([O-])c1ccccc1OCc1ccccc1O.[Co+2]. The maximum atomic E-state index is 10.9. The number of carbonyl (C=O) groups is 2. The summed E-state index contributed by atoms with van der Waals surface area (Å²) < 4.78 is 10.8. The van der Waals surface area contributed by atoms with Crippen LogP contribution in [0.2, 0.25) is 0 Å². The fourth-order valence-corrected chi connectivity index (χ4v) is 3.10. The van der Waals surface area contributed by atoms with Gasteiger partial charge in [0.05, 0.1) is 11.9 Å². The second kappa shape index (κ2) is 14.2. The number of hydrogen-bond acceptors (Lipinski definition) is 8. The maximum Gasteiger partial charge on any atom is 2.00 e. The molecule has 0 fully saturated rings. The van der Waals surface area contributed by atoms with Crippen LogP contribution in [0.5, 0.6) is 23.0 Å². The number of aromatic hydroxyl groups is 2. The molecular weight excluding hydrogens is 523 g/mol. The van der Waals surface area contributed by atoms with Crippen LogP contribution in [0.15, 0.2) is 97.1 Å². The van der Waals surface area contributed by atoms with Crippen molar-refractivity contribution in [1.29, 1.82) is 0 Å². The Balaban J connectivity index is 0.000000253. The maximum absolute atomic E-state index is 10.9. The van der Waals surface area contributed by atoms with Gasteiger partial charge in [0.15, 0.2) is 0 Å². The molecule has 4 aromatic rings. The first-order valence-electron chi connectivity index (χ1n) is 10.8. The summed E-state index contributed by atoms with van der Waals surface area (Å²) in [6.07, 6.45) is 0. The summed E-state index contributed by atoms with van der Waals surface area (Å²) in [7, 11) is 0. The van der Waals surface area contributed by atoms with Gasteiger partial charge in [0.1, 0.15) is 36.2 Å². The summed E-state index contributed by atoms with van der Waals surface area (Å²) in [5.41, 5.74) is 1.16. The van der Waals surface area contributed by atoms with E-state index in [0.29, 0.717) is 11.1 Å². The number of phenols is 2. The summed E-state index contributed by atoms with van der Waals surface area (Å²) in [5, 5.41) is 40.8. The van der Waals surface area contributed by atoms with E-state index in [1.165, 1.54) is 12.1 Å². The third kappa shape index (κ3) is 8.31. The smallest absolute Gasteiger partial charge is 0.545 e. The van der Waals surface area contributed by atoms with Crippen molar-refractivity contribution in [3.05, 3.63) is 119 Å². The zero-order chi connectivity index (χ0) is 25.9. The molecule has 0 unspecified atom stereocenters. The van der Waals surface area contributed by atoms with Crippen LogP contribution in [0.1, 0.15) is 31.8 Å². The van der Waals surface area contributed by atoms with Crippen LogP contribution in [0.4, 0.5) is 0 Å². The van der Waals surface area contributed by atoms with Gasteiger partial charge in [-0.15, -0.1) is 0 Å². The standard InChI is InChI=1S/2C14H12O4.Co/c2*15-12-7-3-1-5-10(12)9-18-13-8-4-2-6-11(13)14(16)17;/h2*1-8,15H,9H2,(H,16,17);/q;;+2/p-2. The monoisotopic (exact) mass is 545 g/mol. The molecule has 191 valence electrons. The molecular formula is C28H22CoO8. The fraction of sp³-hybridized carbons (Fsp3) is 0.0714. The number of hydrogen-bond donors (Lipinski definition) is 2. The van der Waals surface area contributed by atoms with Gasteiger partial charge in [-0.3, -0.25) is 0 Å². The van der Waals surface area contributed by atoms with Gasteiger partial charge in [0.2, 0.25) is 0 Å². The number of aromatic carboxylic acids is 2. The molecule has 0 heterocycles. The van der Waals surface area contributed by atoms with Crippen LogP contribution in [-0.4, -0.2) is 22.2 Å². The Kier molecular flexibility index (Phi) is 11.0. The predicted octanol–water partition coefficient (Wildman–Crippen LogP) is 2.67. The minimum absolute atomic E-state index is 0. The van der Waals surface area contributed by atoms with E-state index < -0.39 is 11.9 Å². The van der Waals surface area contributed by atoms with E-state index in [-0.39, 0.29) is 64.1 Å². The van der Waals surface area contributed by atoms with E-state index in [4.69, 9.17) is 9.47 Å². The Morgan fingerprint density at radius 3 is 1.24 bits per heavy atom. The van der Waals surface area contributed by atoms with Crippen LogP contribution in [0, 0.1) is 0 Å². The van der Waals surface area contributed by atoms with Crippen molar-refractivity contribution in [3.8, 4) is 23.0 Å². The number of carboxylic acid groups (broad SMARTS) is 2. The van der Waals surface area contributed by atoms with Gasteiger partial charge >= 0.3 is 16.8 Å². The Morgan fingerprint density at radius 1 is 0.568 bits per heavy atom. The number of carbonyl (C=O) groups excluding carboxylic acids is 2. The van der Waals surface area contributed by atoms with Gasteiger partial charge in [-0.05, 0) is 36.4 Å². The molecule has 9 heteroatoms. The summed E-state index contributed by atoms with van der Waals surface area (Å²) in [6.45, 7) is 0.188. The van der Waals surface area contributed by atoms with Crippen LogP contribution >= 0.6 is 0 Å². The van der Waals surface area contributed by atoms with Crippen molar-refractivity contribution in [3.63, 3.8) is 0 Å². The second-order valence-corrected chi connectivity index (χ2v) is 7.40. The molecule has 0 aliphatic carbocycles. The number of benzene rings is 4. The van der Waals surface area contributed by atoms with Crippen molar-refractivity contribution in [2.24, 2.45) is 0 Å². The molecule has 1 radical (unpaired) electrons. The summed E-state index contributed by atoms with van der Waals surface area (Å²) in [5.74, 6) is -1.90. The van der Waals surface area contributed by atoms with Gasteiger partial charge in [0, 0.05) is 22.3 Å². The summed E-state index contributed by atoms with van der Waals surface area (Å²) in [4.78, 5) is 21.7. The molecule has 4 aromatic carbocycles. The normalized spacial score (nSPS) is 9.73. The summed E-state index contributed by atoms with van der Waals surface area (Å²) in [6, 6.07) is 25.9. The first-order chi connectivity index (χ1) is 17.4. The average Bonchev–Trinajstić information content (AvgIpc) is 2.88. The van der Waals surface area contributed by atoms with Crippen molar-refractivity contribution >= 4 is 11.9 Å². The largest absolute Gasteiger partial charge is 2.00 e. The fourth-order valence-electron chi connectivity index (χ4n) is 3.10. The molecule has 0 aromatic heterocycles. The van der Waals surface area contributed by atoms with Crippen molar-refractivity contribution in [2.75, 3.05) is 0 Å². The van der Waals surface area contributed by atoms with E-state index in [2.05, 4.69) is 0 Å². The Morgan fingerprint density at radius 2 is 0.892 bits per heavy atom. The molecule has 2 N–H and O–H groups in total. The molecule has 0 aliphatic rings. The third-order valence-electron chi connectivity index (χ3n) is 4.96. The molecule has 0 spiro atoms. The molecule has 0 atom stereocenters. The number of ether oxygens (including phenoxy) is 2. The van der Waals surface area contributed by atoms with Gasteiger partial charge in [-0.2, -0.15) is 0 Å². The third-order valence-corrected chi connectivity index (χ3v) is 4.96. The molecule has 0 amide bonds. The molecule has 37 heavy (non-hydrogen) atoms. The van der Waals surface area contributed by atoms with E-state index in [1.54, 1.807) is 84.9 Å². The second-order valence-electron chi connectivity index (χ2n) is 7.40. The number of rotatable bonds is 8. The van der Waals surface area contributed by atoms with Gasteiger partial charge in [-0.1, -0.05) is 60.7 Å². The van der Waals surface area contributed by atoms with Crippen molar-refractivity contribution in [2.45, 2.75) is 13.2 Å². The molecule has 8 nitrogen and oxygen atoms in total. The van der Waals surface area contributed by atoms with Crippen molar-refractivity contribution < 1.29 is 56.3 Å². The number of para-hydroxylation sites is 4. The average molecular weight is 545 g/mol. The number of carboxylic acids is 2. The zero-order valence-electron chi connectivity index (χ0n) is 19.3. The molecule has 4 rings (SSSR count). The Bertz CT molecular complexity index is 1240. The van der Waals surface area contributed by atoms with Gasteiger partial charge < -0.3 is 39.5 Å². The minimum Gasteiger partial charge on any atom is -0.545 e. The van der Waals surface area contributed by atoms with E-state index in [9.17, 15) is 30.0 Å². The quantitative estimate of drug-likeness (QED) is 0.345. The van der Waals surface area contributed by atoms with Gasteiger partial charge in [0.25, 0.3) is 0 Å². The van der Waals surface area contributed by atoms with E-state index >= 15 is 0 Å². The molecule has 0 bridgehead atoms.